The van der Waals surface area contributed by atoms with E-state index in [0.717, 1.165) is 68.7 Å². The number of halogens is 2. The summed E-state index contributed by atoms with van der Waals surface area (Å²) >= 11 is 5.86. The molecule has 3 heterocycles. The predicted octanol–water partition coefficient (Wildman–Crippen LogP) is 6.17. The van der Waals surface area contributed by atoms with Gasteiger partial charge in [0.1, 0.15) is 12.4 Å². The van der Waals surface area contributed by atoms with Gasteiger partial charge >= 0.3 is 5.97 Å². The summed E-state index contributed by atoms with van der Waals surface area (Å²) < 4.78 is 30.5. The molecule has 232 valence electrons. The summed E-state index contributed by atoms with van der Waals surface area (Å²) in [5.41, 5.74) is 3.42. The molecule has 3 aromatic rings. The molecule has 2 atom stereocenters. The van der Waals surface area contributed by atoms with E-state index in [9.17, 15) is 14.0 Å². The van der Waals surface area contributed by atoms with Crippen LogP contribution in [-0.2, 0) is 27.3 Å². The number of nitrogens with zero attached hydrogens (tertiary/aromatic N) is 2. The maximum absolute atomic E-state index is 14.2. The molecule has 8 nitrogen and oxygen atoms in total. The average Bonchev–Trinajstić information content (AvgIpc) is 3.84. The van der Waals surface area contributed by atoms with Crippen LogP contribution in [0.15, 0.2) is 54.6 Å². The molecule has 1 N–H and O–H groups in total. The SMILES string of the molecule is COC(=O)c1ccc(NC(=O)C(C2CC2)N2CCC(c3cccc(OCc4ccc(Cl)cc4F)n3)CC2)c(C[C@H]2CCO2)c1. The normalized spacial score (nSPS) is 19.6. The van der Waals surface area contributed by atoms with Gasteiger partial charge in [-0.25, -0.2) is 14.2 Å². The number of esters is 1. The molecule has 1 saturated carbocycles. The monoisotopic (exact) mass is 621 g/mol. The number of aromatic nitrogens is 1. The predicted molar refractivity (Wildman–Crippen MR) is 165 cm³/mol. The first kappa shape index (κ1) is 30.5. The molecule has 0 bridgehead atoms. The van der Waals surface area contributed by atoms with E-state index in [2.05, 4.69) is 10.2 Å². The first-order valence-corrected chi connectivity index (χ1v) is 15.7. The number of ether oxygens (including phenoxy) is 3. The number of carbonyl (C=O) groups excluding carboxylic acids is 2. The van der Waals surface area contributed by atoms with Crippen molar-refractivity contribution in [3.8, 4) is 5.88 Å². The van der Waals surface area contributed by atoms with Crippen molar-refractivity contribution < 1.29 is 28.2 Å². The third-order valence-corrected chi connectivity index (χ3v) is 9.07. The molecule has 2 saturated heterocycles. The van der Waals surface area contributed by atoms with Crippen LogP contribution in [0.25, 0.3) is 0 Å². The van der Waals surface area contributed by atoms with Gasteiger partial charge in [0, 0.05) is 47.0 Å². The van der Waals surface area contributed by atoms with Gasteiger partial charge in [0.2, 0.25) is 11.8 Å². The fourth-order valence-electron chi connectivity index (χ4n) is 6.12. The minimum absolute atomic E-state index is 0.00417. The fourth-order valence-corrected chi connectivity index (χ4v) is 6.28. The molecule has 1 unspecified atom stereocenters. The maximum Gasteiger partial charge on any atom is 0.337 e. The topological polar surface area (TPSA) is 90.0 Å². The number of nitrogens with one attached hydrogen (secondary N) is 1. The van der Waals surface area contributed by atoms with E-state index in [4.69, 9.17) is 30.8 Å². The number of likely N-dealkylation sites (tertiary alicyclic amines) is 1. The lowest BCUT2D eigenvalue weighted by Crippen LogP contribution is -2.49. The average molecular weight is 622 g/mol. The number of hydrogen-bond donors (Lipinski definition) is 1. The molecular weight excluding hydrogens is 585 g/mol. The summed E-state index contributed by atoms with van der Waals surface area (Å²) in [6, 6.07) is 15.3. The molecule has 2 aromatic carbocycles. The Morgan fingerprint density at radius 3 is 2.55 bits per heavy atom. The number of piperidine rings is 1. The van der Waals surface area contributed by atoms with Crippen molar-refractivity contribution in [2.45, 2.75) is 63.2 Å². The van der Waals surface area contributed by atoms with Crippen LogP contribution in [0.1, 0.15) is 65.2 Å². The number of carbonyl (C=O) groups is 2. The molecular formula is C34H37ClFN3O5. The van der Waals surface area contributed by atoms with Crippen LogP contribution in [0.5, 0.6) is 5.88 Å². The zero-order valence-electron chi connectivity index (χ0n) is 24.8. The number of benzene rings is 2. The van der Waals surface area contributed by atoms with Crippen LogP contribution in [0, 0.1) is 11.7 Å². The minimum Gasteiger partial charge on any atom is -0.473 e. The third-order valence-electron chi connectivity index (χ3n) is 8.84. The summed E-state index contributed by atoms with van der Waals surface area (Å²) in [6.07, 6.45) is 5.50. The Morgan fingerprint density at radius 1 is 1.07 bits per heavy atom. The summed E-state index contributed by atoms with van der Waals surface area (Å²) in [5.74, 6) is 0.218. The van der Waals surface area contributed by atoms with Gasteiger partial charge in [-0.05, 0) is 93.1 Å². The summed E-state index contributed by atoms with van der Waals surface area (Å²) in [5, 5.41) is 3.55. The van der Waals surface area contributed by atoms with E-state index in [0.29, 0.717) is 34.4 Å². The number of rotatable bonds is 11. The van der Waals surface area contributed by atoms with Crippen molar-refractivity contribution in [1.82, 2.24) is 9.88 Å². The van der Waals surface area contributed by atoms with Crippen molar-refractivity contribution >= 4 is 29.2 Å². The Hall–Kier alpha value is -3.53. The van der Waals surface area contributed by atoms with E-state index < -0.39 is 11.8 Å². The fraction of sp³-hybridized carbons (Fsp3) is 0.441. The zero-order chi connectivity index (χ0) is 30.6. The lowest BCUT2D eigenvalue weighted by Gasteiger charge is -2.37. The smallest absolute Gasteiger partial charge is 0.337 e. The van der Waals surface area contributed by atoms with Crippen molar-refractivity contribution in [3.63, 3.8) is 0 Å². The molecule has 1 aromatic heterocycles. The standard InChI is InChI=1S/C34H37ClFN3O5/c1-42-34(41)23-8-10-30(25(17-23)18-27-13-16-43-27)38-33(40)32(22-5-6-22)39-14-11-21(12-15-39)29-3-2-4-31(37-29)44-20-24-7-9-26(35)19-28(24)36/h2-4,7-10,17,19,21-22,27,32H,5-6,11-16,18,20H2,1H3,(H,38,40)/t27-,32?/m1/s1. The minimum atomic E-state index is -0.405. The maximum atomic E-state index is 14.2. The first-order chi connectivity index (χ1) is 21.4. The van der Waals surface area contributed by atoms with Gasteiger partial charge in [-0.1, -0.05) is 23.7 Å². The summed E-state index contributed by atoms with van der Waals surface area (Å²) in [6.45, 7) is 2.37. The van der Waals surface area contributed by atoms with Gasteiger partial charge in [-0.2, -0.15) is 0 Å². The second kappa shape index (κ2) is 13.6. The van der Waals surface area contributed by atoms with Crippen LogP contribution in [-0.4, -0.2) is 60.7 Å². The van der Waals surface area contributed by atoms with Gasteiger partial charge in [-0.3, -0.25) is 9.69 Å². The van der Waals surface area contributed by atoms with E-state index >= 15 is 0 Å². The highest BCUT2D eigenvalue weighted by molar-refractivity contribution is 6.30. The van der Waals surface area contributed by atoms with E-state index in [-0.39, 0.29) is 30.6 Å². The second-order valence-corrected chi connectivity index (χ2v) is 12.3. The highest BCUT2D eigenvalue weighted by Crippen LogP contribution is 2.39. The van der Waals surface area contributed by atoms with Gasteiger partial charge in [-0.15, -0.1) is 0 Å². The molecule has 44 heavy (non-hydrogen) atoms. The quantitative estimate of drug-likeness (QED) is 0.256. The van der Waals surface area contributed by atoms with Crippen LogP contribution in [0.2, 0.25) is 5.02 Å². The van der Waals surface area contributed by atoms with E-state index in [1.54, 1.807) is 36.4 Å². The van der Waals surface area contributed by atoms with Gasteiger partial charge in [0.15, 0.2) is 0 Å². The Morgan fingerprint density at radius 2 is 1.86 bits per heavy atom. The van der Waals surface area contributed by atoms with Gasteiger partial charge in [0.25, 0.3) is 0 Å². The number of hydrogen-bond acceptors (Lipinski definition) is 7. The number of amides is 1. The van der Waals surface area contributed by atoms with Crippen LogP contribution in [0.3, 0.4) is 0 Å². The highest BCUT2D eigenvalue weighted by Gasteiger charge is 2.41. The molecule has 6 rings (SSSR count). The van der Waals surface area contributed by atoms with Crippen molar-refractivity contribution in [2.75, 3.05) is 32.1 Å². The lowest BCUT2D eigenvalue weighted by atomic mass is 9.91. The number of methoxy groups -OCH3 is 1. The molecule has 2 aliphatic heterocycles. The molecule has 3 aliphatic rings. The van der Waals surface area contributed by atoms with Gasteiger partial charge < -0.3 is 19.5 Å². The highest BCUT2D eigenvalue weighted by atomic mass is 35.5. The van der Waals surface area contributed by atoms with Crippen molar-refractivity contribution in [3.05, 3.63) is 87.8 Å². The van der Waals surface area contributed by atoms with Crippen molar-refractivity contribution in [2.24, 2.45) is 5.92 Å². The Balaban J connectivity index is 1.08. The zero-order valence-corrected chi connectivity index (χ0v) is 25.5. The van der Waals surface area contributed by atoms with E-state index in [1.165, 1.54) is 13.2 Å². The Kier molecular flexibility index (Phi) is 9.44. The Labute approximate surface area is 261 Å². The molecule has 0 radical (unpaired) electrons. The lowest BCUT2D eigenvalue weighted by molar-refractivity contribution is -0.122. The molecule has 3 fully saturated rings. The number of pyridine rings is 1. The summed E-state index contributed by atoms with van der Waals surface area (Å²) in [4.78, 5) is 33.0. The first-order valence-electron chi connectivity index (χ1n) is 15.3. The molecule has 1 amide bonds. The molecule has 10 heteroatoms. The largest absolute Gasteiger partial charge is 0.473 e. The summed E-state index contributed by atoms with van der Waals surface area (Å²) in [7, 11) is 1.36. The molecule has 0 spiro atoms. The molecule has 1 aliphatic carbocycles. The second-order valence-electron chi connectivity index (χ2n) is 11.9. The van der Waals surface area contributed by atoms with Crippen molar-refractivity contribution in [1.29, 1.82) is 0 Å². The number of anilines is 1. The third kappa shape index (κ3) is 7.22. The van der Waals surface area contributed by atoms with Gasteiger partial charge in [0.05, 0.1) is 24.8 Å². The van der Waals surface area contributed by atoms with Crippen LogP contribution in [0.4, 0.5) is 10.1 Å². The Bertz CT molecular complexity index is 1500. The van der Waals surface area contributed by atoms with Crippen LogP contribution < -0.4 is 10.1 Å². The van der Waals surface area contributed by atoms with E-state index in [1.807, 2.05) is 12.1 Å². The van der Waals surface area contributed by atoms with Crippen LogP contribution >= 0.6 is 11.6 Å².